The van der Waals surface area contributed by atoms with E-state index < -0.39 is 0 Å². The first-order valence-corrected chi connectivity index (χ1v) is 9.79. The monoisotopic (exact) mass is 389 g/mol. The largest absolute Gasteiger partial charge is 0.358 e. The molecule has 2 aromatic heterocycles. The van der Waals surface area contributed by atoms with Crippen LogP contribution >= 0.6 is 12.2 Å². The number of thiocarbonyl (C=S) groups is 1. The summed E-state index contributed by atoms with van der Waals surface area (Å²) in [5.41, 5.74) is 3.24. The molecule has 146 valence electrons. The highest BCUT2D eigenvalue weighted by atomic mass is 32.1. The number of carbonyl (C=O) groups is 1. The van der Waals surface area contributed by atoms with Crippen LogP contribution in [-0.2, 0) is 20.1 Å². The van der Waals surface area contributed by atoms with Crippen molar-refractivity contribution < 1.29 is 4.79 Å². The molecule has 0 bridgehead atoms. The lowest BCUT2D eigenvalue weighted by molar-refractivity contribution is 0.0714. The summed E-state index contributed by atoms with van der Waals surface area (Å²) in [6.45, 7) is 7.05. The molecule has 1 fully saturated rings. The number of hydrogen-bond donors (Lipinski definition) is 2. The normalized spacial score (nSPS) is 14.3. The van der Waals surface area contributed by atoms with E-state index in [1.54, 1.807) is 17.9 Å². The highest BCUT2D eigenvalue weighted by Crippen LogP contribution is 2.19. The average molecular weight is 390 g/mol. The number of rotatable bonds is 5. The van der Waals surface area contributed by atoms with Crippen LogP contribution in [0.3, 0.4) is 0 Å². The van der Waals surface area contributed by atoms with Gasteiger partial charge in [0.15, 0.2) is 5.11 Å². The summed E-state index contributed by atoms with van der Waals surface area (Å²) in [7, 11) is 1.78. The molecule has 2 aromatic rings. The van der Waals surface area contributed by atoms with Crippen LogP contribution in [0.4, 0.5) is 5.69 Å². The Hall–Kier alpha value is -2.42. The highest BCUT2D eigenvalue weighted by molar-refractivity contribution is 7.80. The van der Waals surface area contributed by atoms with Crippen molar-refractivity contribution in [2.24, 2.45) is 7.05 Å². The number of aryl methyl sites for hydroxylation is 3. The minimum Gasteiger partial charge on any atom is -0.358 e. The van der Waals surface area contributed by atoms with Gasteiger partial charge >= 0.3 is 0 Å². The molecular weight excluding hydrogens is 362 g/mol. The van der Waals surface area contributed by atoms with Gasteiger partial charge in [-0.15, -0.1) is 0 Å². The first kappa shape index (κ1) is 19.3. The second kappa shape index (κ2) is 8.51. The summed E-state index contributed by atoms with van der Waals surface area (Å²) in [6.07, 6.45) is 6.95. The number of anilines is 1. The Kier molecular flexibility index (Phi) is 6.10. The zero-order valence-electron chi connectivity index (χ0n) is 16.2. The first-order chi connectivity index (χ1) is 13.0. The van der Waals surface area contributed by atoms with E-state index in [1.807, 2.05) is 22.7 Å². The fraction of sp³-hybridized carbons (Fsp3) is 0.556. The van der Waals surface area contributed by atoms with Crippen LogP contribution in [0.2, 0.25) is 0 Å². The molecule has 3 heterocycles. The molecule has 1 amide bonds. The zero-order chi connectivity index (χ0) is 19.4. The summed E-state index contributed by atoms with van der Waals surface area (Å²) in [5, 5.41) is 15.4. The number of nitrogens with one attached hydrogen (secondary N) is 2. The topological polar surface area (TPSA) is 80.0 Å². The minimum atomic E-state index is 0.0000617. The maximum atomic E-state index is 12.9. The molecule has 0 spiro atoms. The van der Waals surface area contributed by atoms with Crippen LogP contribution in [0.25, 0.3) is 0 Å². The average Bonchev–Trinajstić information content (AvgIpc) is 3.22. The van der Waals surface area contributed by atoms with Gasteiger partial charge in [-0.05, 0) is 45.3 Å². The van der Waals surface area contributed by atoms with Gasteiger partial charge in [-0.2, -0.15) is 10.2 Å². The Balaban J connectivity index is 1.64. The van der Waals surface area contributed by atoms with Gasteiger partial charge in [0.05, 0.1) is 17.6 Å². The minimum absolute atomic E-state index is 0.0000617. The van der Waals surface area contributed by atoms with E-state index in [0.717, 1.165) is 43.7 Å². The van der Waals surface area contributed by atoms with Crippen LogP contribution in [0.1, 0.15) is 47.9 Å². The summed E-state index contributed by atoms with van der Waals surface area (Å²) >= 11 is 5.41. The van der Waals surface area contributed by atoms with E-state index in [2.05, 4.69) is 27.8 Å². The lowest BCUT2D eigenvalue weighted by atomic mass is 10.1. The van der Waals surface area contributed by atoms with Gasteiger partial charge in [-0.25, -0.2) is 0 Å². The van der Waals surface area contributed by atoms with E-state index >= 15 is 0 Å². The number of aromatic nitrogens is 4. The van der Waals surface area contributed by atoms with Gasteiger partial charge in [-0.3, -0.25) is 14.2 Å². The molecule has 2 N–H and O–H groups in total. The number of amides is 1. The molecule has 0 unspecified atom stereocenters. The number of nitrogens with zero attached hydrogens (tertiary/aromatic N) is 5. The molecule has 8 nitrogen and oxygen atoms in total. The van der Waals surface area contributed by atoms with E-state index in [-0.39, 0.29) is 5.91 Å². The summed E-state index contributed by atoms with van der Waals surface area (Å²) in [4.78, 5) is 14.8. The maximum absolute atomic E-state index is 12.9. The van der Waals surface area contributed by atoms with Crippen molar-refractivity contribution >= 4 is 28.9 Å². The summed E-state index contributed by atoms with van der Waals surface area (Å²) in [6, 6.07) is 0. The Morgan fingerprint density at radius 2 is 2.04 bits per heavy atom. The van der Waals surface area contributed by atoms with Crippen LogP contribution in [0.15, 0.2) is 12.4 Å². The third kappa shape index (κ3) is 4.47. The maximum Gasteiger partial charge on any atom is 0.274 e. The van der Waals surface area contributed by atoms with Gasteiger partial charge in [0.25, 0.3) is 5.91 Å². The molecule has 3 rings (SSSR count). The zero-order valence-corrected chi connectivity index (χ0v) is 17.0. The third-order valence-electron chi connectivity index (χ3n) is 4.84. The Morgan fingerprint density at radius 3 is 2.70 bits per heavy atom. The number of hydrogen-bond acceptors (Lipinski definition) is 4. The van der Waals surface area contributed by atoms with E-state index in [1.165, 1.54) is 6.42 Å². The van der Waals surface area contributed by atoms with Gasteiger partial charge in [0.2, 0.25) is 0 Å². The molecule has 1 aliphatic rings. The van der Waals surface area contributed by atoms with Crippen molar-refractivity contribution in [3.8, 4) is 0 Å². The van der Waals surface area contributed by atoms with Crippen LogP contribution in [-0.4, -0.2) is 48.6 Å². The van der Waals surface area contributed by atoms with Crippen LogP contribution in [0.5, 0.6) is 0 Å². The molecule has 0 aromatic carbocycles. The number of piperidine rings is 1. The molecule has 0 saturated carbocycles. The summed E-state index contributed by atoms with van der Waals surface area (Å²) < 4.78 is 3.51. The molecule has 0 aliphatic carbocycles. The van der Waals surface area contributed by atoms with Gasteiger partial charge < -0.3 is 15.5 Å². The molecule has 9 heteroatoms. The fourth-order valence-corrected chi connectivity index (χ4v) is 3.45. The molecule has 1 aliphatic heterocycles. The predicted octanol–water partition coefficient (Wildman–Crippen LogP) is 2.06. The van der Waals surface area contributed by atoms with Gasteiger partial charge in [0.1, 0.15) is 5.69 Å². The van der Waals surface area contributed by atoms with Crippen molar-refractivity contribution in [3.05, 3.63) is 29.3 Å². The Morgan fingerprint density at radius 1 is 1.30 bits per heavy atom. The lowest BCUT2D eigenvalue weighted by Crippen LogP contribution is -2.37. The summed E-state index contributed by atoms with van der Waals surface area (Å²) in [5.74, 6) is 0.0000617. The van der Waals surface area contributed by atoms with Gasteiger partial charge in [0, 0.05) is 45.0 Å². The van der Waals surface area contributed by atoms with Crippen molar-refractivity contribution in [2.75, 3.05) is 18.4 Å². The lowest BCUT2D eigenvalue weighted by Gasteiger charge is -2.27. The van der Waals surface area contributed by atoms with E-state index in [0.29, 0.717) is 23.0 Å². The van der Waals surface area contributed by atoms with Crippen molar-refractivity contribution in [2.45, 2.75) is 46.2 Å². The fourth-order valence-electron chi connectivity index (χ4n) is 3.27. The second-order valence-electron chi connectivity index (χ2n) is 6.79. The molecular formula is C18H27N7OS. The molecule has 0 atom stereocenters. The predicted molar refractivity (Wildman–Crippen MR) is 109 cm³/mol. The van der Waals surface area contributed by atoms with Crippen molar-refractivity contribution in [1.82, 2.24) is 29.8 Å². The number of likely N-dealkylation sites (tertiary alicyclic amines) is 1. The number of carbonyl (C=O) groups excluding carboxylic acids is 1. The van der Waals surface area contributed by atoms with Crippen molar-refractivity contribution in [3.63, 3.8) is 0 Å². The quantitative estimate of drug-likeness (QED) is 0.762. The van der Waals surface area contributed by atoms with E-state index in [4.69, 9.17) is 12.2 Å². The smallest absolute Gasteiger partial charge is 0.274 e. The van der Waals surface area contributed by atoms with Gasteiger partial charge in [-0.1, -0.05) is 0 Å². The highest BCUT2D eigenvalue weighted by Gasteiger charge is 2.24. The molecule has 1 saturated heterocycles. The SMILES string of the molecule is CCn1cc(CNC(=S)Nc2cnn(C)c2C(=O)N2CCCCC2)c(C)n1. The van der Waals surface area contributed by atoms with Crippen molar-refractivity contribution in [1.29, 1.82) is 0 Å². The second-order valence-corrected chi connectivity index (χ2v) is 7.19. The Bertz CT molecular complexity index is 820. The van der Waals surface area contributed by atoms with Crippen LogP contribution in [0, 0.1) is 6.92 Å². The molecule has 27 heavy (non-hydrogen) atoms. The molecule has 0 radical (unpaired) electrons. The third-order valence-corrected chi connectivity index (χ3v) is 5.09. The standard InChI is InChI=1S/C18H27N7OS/c1-4-25-12-14(13(2)22-25)10-19-18(27)21-15-11-20-23(3)16(15)17(26)24-8-6-5-7-9-24/h11-12H,4-10H2,1-3H3,(H2,19,21,27). The Labute approximate surface area is 164 Å². The van der Waals surface area contributed by atoms with E-state index in [9.17, 15) is 4.79 Å². The van der Waals surface area contributed by atoms with Crippen LogP contribution < -0.4 is 10.6 Å². The first-order valence-electron chi connectivity index (χ1n) is 9.38.